The highest BCUT2D eigenvalue weighted by molar-refractivity contribution is 9.11. The number of rotatable bonds is 4. The lowest BCUT2D eigenvalue weighted by molar-refractivity contribution is 0.00577. The van der Waals surface area contributed by atoms with Crippen molar-refractivity contribution in [2.24, 2.45) is 11.8 Å². The Kier molecular flexibility index (Phi) is 4.98. The van der Waals surface area contributed by atoms with Crippen LogP contribution in [0.1, 0.15) is 42.8 Å². The molecule has 4 heteroatoms. The van der Waals surface area contributed by atoms with Gasteiger partial charge in [-0.1, -0.05) is 13.8 Å². The van der Waals surface area contributed by atoms with Gasteiger partial charge in [0, 0.05) is 0 Å². The zero-order valence-corrected chi connectivity index (χ0v) is 13.2. The van der Waals surface area contributed by atoms with Gasteiger partial charge >= 0.3 is 0 Å². The standard InChI is InChI=1S/C14H19BrO2S/c1-9-5-10(2)7-11(6-9)17-8-12(16)13-3-4-14(15)18-13/h3-4,9-11H,5-8H2,1-2H3. The molecule has 1 heterocycles. The van der Waals surface area contributed by atoms with Crippen LogP contribution in [-0.4, -0.2) is 18.5 Å². The van der Waals surface area contributed by atoms with Crippen LogP contribution in [0.3, 0.4) is 0 Å². The van der Waals surface area contributed by atoms with Crippen LogP contribution in [0.4, 0.5) is 0 Å². The van der Waals surface area contributed by atoms with E-state index in [9.17, 15) is 4.79 Å². The van der Waals surface area contributed by atoms with Crippen LogP contribution in [0.15, 0.2) is 15.9 Å². The van der Waals surface area contributed by atoms with Gasteiger partial charge in [-0.25, -0.2) is 0 Å². The minimum Gasteiger partial charge on any atom is -0.370 e. The number of hydrogen-bond donors (Lipinski definition) is 0. The van der Waals surface area contributed by atoms with Crippen molar-refractivity contribution in [2.45, 2.75) is 39.2 Å². The van der Waals surface area contributed by atoms with E-state index in [0.717, 1.165) is 21.5 Å². The molecule has 1 fully saturated rings. The normalized spacial score (nSPS) is 28.3. The summed E-state index contributed by atoms with van der Waals surface area (Å²) in [7, 11) is 0. The first kappa shape index (κ1) is 14.2. The third-order valence-corrected chi connectivity index (χ3v) is 5.10. The SMILES string of the molecule is CC1CC(C)CC(OCC(=O)c2ccc(Br)s2)C1. The van der Waals surface area contributed by atoms with E-state index in [1.165, 1.54) is 17.8 Å². The molecule has 2 rings (SSSR count). The van der Waals surface area contributed by atoms with Crippen molar-refractivity contribution in [1.82, 2.24) is 0 Å². The van der Waals surface area contributed by atoms with Gasteiger partial charge in [-0.15, -0.1) is 11.3 Å². The van der Waals surface area contributed by atoms with Crippen LogP contribution in [0.5, 0.6) is 0 Å². The van der Waals surface area contributed by atoms with Crippen molar-refractivity contribution in [3.8, 4) is 0 Å². The lowest BCUT2D eigenvalue weighted by Crippen LogP contribution is -2.28. The van der Waals surface area contributed by atoms with E-state index < -0.39 is 0 Å². The fourth-order valence-electron chi connectivity index (χ4n) is 2.74. The molecule has 1 aromatic rings. The van der Waals surface area contributed by atoms with E-state index in [1.54, 1.807) is 0 Å². The second-order valence-electron chi connectivity index (χ2n) is 5.38. The van der Waals surface area contributed by atoms with Crippen LogP contribution in [0.25, 0.3) is 0 Å². The van der Waals surface area contributed by atoms with Crippen molar-refractivity contribution in [3.63, 3.8) is 0 Å². The predicted molar refractivity (Wildman–Crippen MR) is 78.3 cm³/mol. The zero-order chi connectivity index (χ0) is 13.1. The van der Waals surface area contributed by atoms with Crippen molar-refractivity contribution in [3.05, 3.63) is 20.8 Å². The maximum Gasteiger partial charge on any atom is 0.198 e. The summed E-state index contributed by atoms with van der Waals surface area (Å²) in [4.78, 5) is 12.7. The second kappa shape index (κ2) is 6.31. The first-order chi connectivity index (χ1) is 8.54. The Balaban J connectivity index is 1.82. The average molecular weight is 331 g/mol. The zero-order valence-electron chi connectivity index (χ0n) is 10.8. The molecule has 0 N–H and O–H groups in total. The highest BCUT2D eigenvalue weighted by Gasteiger charge is 2.25. The van der Waals surface area contributed by atoms with E-state index in [-0.39, 0.29) is 18.5 Å². The van der Waals surface area contributed by atoms with Gasteiger partial charge in [-0.05, 0) is 59.2 Å². The molecule has 0 aromatic carbocycles. The minimum atomic E-state index is 0.0941. The quantitative estimate of drug-likeness (QED) is 0.758. The number of ether oxygens (including phenoxy) is 1. The molecule has 2 unspecified atom stereocenters. The summed E-state index contributed by atoms with van der Waals surface area (Å²) >= 11 is 4.84. The van der Waals surface area contributed by atoms with Gasteiger partial charge in [0.25, 0.3) is 0 Å². The highest BCUT2D eigenvalue weighted by Crippen LogP contribution is 2.30. The second-order valence-corrected chi connectivity index (χ2v) is 7.84. The van der Waals surface area contributed by atoms with E-state index >= 15 is 0 Å². The maximum atomic E-state index is 11.9. The molecule has 0 amide bonds. The fourth-order valence-corrected chi connectivity index (χ4v) is 4.05. The first-order valence-electron chi connectivity index (χ1n) is 6.44. The summed E-state index contributed by atoms with van der Waals surface area (Å²) in [5.74, 6) is 1.52. The molecular formula is C14H19BrO2S. The number of ketones is 1. The number of carbonyl (C=O) groups excluding carboxylic acids is 1. The third kappa shape index (κ3) is 3.90. The summed E-state index contributed by atoms with van der Waals surface area (Å²) in [5.41, 5.74) is 0. The lowest BCUT2D eigenvalue weighted by atomic mass is 9.82. The number of Topliss-reactive ketones (excluding diaryl/α,β-unsaturated/α-hetero) is 1. The van der Waals surface area contributed by atoms with Crippen molar-refractivity contribution >= 4 is 33.0 Å². The molecule has 1 aliphatic rings. The number of halogens is 1. The molecule has 2 atom stereocenters. The monoisotopic (exact) mass is 330 g/mol. The maximum absolute atomic E-state index is 11.9. The third-order valence-electron chi connectivity index (χ3n) is 3.43. The molecule has 0 saturated heterocycles. The Labute approximate surface area is 121 Å². The Bertz CT molecular complexity index is 406. The molecule has 0 bridgehead atoms. The summed E-state index contributed by atoms with van der Waals surface area (Å²) in [5, 5.41) is 0. The van der Waals surface area contributed by atoms with E-state index in [1.807, 2.05) is 12.1 Å². The lowest BCUT2D eigenvalue weighted by Gasteiger charge is -2.31. The van der Waals surface area contributed by atoms with E-state index in [0.29, 0.717) is 11.8 Å². The molecule has 0 spiro atoms. The van der Waals surface area contributed by atoms with Crippen molar-refractivity contribution in [2.75, 3.05) is 6.61 Å². The van der Waals surface area contributed by atoms with Crippen molar-refractivity contribution in [1.29, 1.82) is 0 Å². The van der Waals surface area contributed by atoms with Gasteiger partial charge in [-0.3, -0.25) is 4.79 Å². The van der Waals surface area contributed by atoms with Crippen LogP contribution < -0.4 is 0 Å². The van der Waals surface area contributed by atoms with Gasteiger partial charge in [0.1, 0.15) is 6.61 Å². The van der Waals surface area contributed by atoms with Gasteiger partial charge in [0.15, 0.2) is 5.78 Å². The van der Waals surface area contributed by atoms with Crippen LogP contribution >= 0.6 is 27.3 Å². The first-order valence-corrected chi connectivity index (χ1v) is 8.05. The summed E-state index contributed by atoms with van der Waals surface area (Å²) in [6.07, 6.45) is 3.72. The summed E-state index contributed by atoms with van der Waals surface area (Å²) in [6.45, 7) is 4.76. The van der Waals surface area contributed by atoms with Gasteiger partial charge < -0.3 is 4.74 Å². The van der Waals surface area contributed by atoms with E-state index in [2.05, 4.69) is 29.8 Å². The van der Waals surface area contributed by atoms with Crippen LogP contribution in [0, 0.1) is 11.8 Å². The Morgan fingerprint density at radius 2 is 2.00 bits per heavy atom. The molecule has 100 valence electrons. The summed E-state index contributed by atoms with van der Waals surface area (Å²) in [6, 6.07) is 3.76. The number of hydrogen-bond acceptors (Lipinski definition) is 3. The smallest absolute Gasteiger partial charge is 0.198 e. The van der Waals surface area contributed by atoms with Gasteiger partial charge in [0.2, 0.25) is 0 Å². The molecule has 1 aromatic heterocycles. The number of carbonyl (C=O) groups is 1. The molecule has 18 heavy (non-hydrogen) atoms. The molecule has 2 nitrogen and oxygen atoms in total. The van der Waals surface area contributed by atoms with E-state index in [4.69, 9.17) is 4.74 Å². The molecular weight excluding hydrogens is 312 g/mol. The van der Waals surface area contributed by atoms with Crippen LogP contribution in [0.2, 0.25) is 0 Å². The Morgan fingerprint density at radius 1 is 1.33 bits per heavy atom. The largest absolute Gasteiger partial charge is 0.370 e. The molecule has 0 radical (unpaired) electrons. The molecule has 0 aliphatic heterocycles. The highest BCUT2D eigenvalue weighted by atomic mass is 79.9. The Hall–Kier alpha value is -0.190. The van der Waals surface area contributed by atoms with Crippen molar-refractivity contribution < 1.29 is 9.53 Å². The van der Waals surface area contributed by atoms with Gasteiger partial charge in [-0.2, -0.15) is 0 Å². The van der Waals surface area contributed by atoms with Crippen LogP contribution in [-0.2, 0) is 4.74 Å². The topological polar surface area (TPSA) is 26.3 Å². The minimum absolute atomic E-state index is 0.0941. The van der Waals surface area contributed by atoms with Gasteiger partial charge in [0.05, 0.1) is 14.8 Å². The Morgan fingerprint density at radius 3 is 2.56 bits per heavy atom. The molecule has 1 aliphatic carbocycles. The summed E-state index contributed by atoms with van der Waals surface area (Å²) < 4.78 is 6.78. The number of thiophene rings is 1. The fraction of sp³-hybridized carbons (Fsp3) is 0.643. The molecule has 1 saturated carbocycles. The average Bonchev–Trinajstić information content (AvgIpc) is 2.71. The predicted octanol–water partition coefficient (Wildman–Crippen LogP) is 4.53.